The Kier molecular flexibility index (Phi) is 7.38. The van der Waals surface area contributed by atoms with Crippen LogP contribution in [0, 0.1) is 11.6 Å². The van der Waals surface area contributed by atoms with Gasteiger partial charge in [-0.3, -0.25) is 0 Å². The van der Waals surface area contributed by atoms with Gasteiger partial charge in [-0.05, 0) is 30.5 Å². The zero-order valence-corrected chi connectivity index (χ0v) is 13.7. The second-order valence-corrected chi connectivity index (χ2v) is 5.44. The van der Waals surface area contributed by atoms with Crippen LogP contribution in [0.25, 0.3) is 0 Å². The summed E-state index contributed by atoms with van der Waals surface area (Å²) < 4.78 is 31.4. The fraction of sp³-hybridized carbons (Fsp3) is 0.562. The topological polar surface area (TPSA) is 70.6 Å². The molecule has 0 heterocycles. The van der Waals surface area contributed by atoms with E-state index in [1.165, 1.54) is 13.2 Å². The van der Waals surface area contributed by atoms with Crippen LogP contribution in [0.3, 0.4) is 0 Å². The fourth-order valence-corrected chi connectivity index (χ4v) is 2.07. The van der Waals surface area contributed by atoms with Crippen LogP contribution in [0.15, 0.2) is 18.2 Å². The third-order valence-electron chi connectivity index (χ3n) is 3.88. The molecule has 5 nitrogen and oxygen atoms in total. The number of methoxy groups -OCH3 is 1. The molecule has 7 heteroatoms. The van der Waals surface area contributed by atoms with Crippen molar-refractivity contribution in [3.8, 4) is 0 Å². The van der Waals surface area contributed by atoms with E-state index in [-0.39, 0.29) is 13.2 Å². The Balaban J connectivity index is 2.71. The smallest absolute Gasteiger partial charge is 0.315 e. The highest BCUT2D eigenvalue weighted by Crippen LogP contribution is 2.17. The molecular formula is C16H24F2N2O3. The van der Waals surface area contributed by atoms with Crippen LogP contribution in [-0.2, 0) is 4.74 Å². The van der Waals surface area contributed by atoms with Gasteiger partial charge in [0.05, 0.1) is 18.2 Å². The quantitative estimate of drug-likeness (QED) is 0.686. The summed E-state index contributed by atoms with van der Waals surface area (Å²) >= 11 is 0. The molecule has 0 spiro atoms. The number of carbonyl (C=O) groups is 1. The molecule has 2 amide bonds. The van der Waals surface area contributed by atoms with Crippen LogP contribution in [-0.4, -0.2) is 37.0 Å². The number of amides is 2. The Hall–Kier alpha value is -1.73. The molecule has 0 aliphatic rings. The third kappa shape index (κ3) is 5.76. The molecule has 0 fully saturated rings. The van der Waals surface area contributed by atoms with E-state index >= 15 is 0 Å². The first-order valence-corrected chi connectivity index (χ1v) is 7.55. The van der Waals surface area contributed by atoms with Crippen molar-refractivity contribution in [2.45, 2.75) is 38.3 Å². The number of urea groups is 1. The minimum atomic E-state index is -0.989. The monoisotopic (exact) mass is 330 g/mol. The van der Waals surface area contributed by atoms with Gasteiger partial charge in [-0.25, -0.2) is 13.6 Å². The molecule has 1 unspecified atom stereocenters. The summed E-state index contributed by atoms with van der Waals surface area (Å²) in [6, 6.07) is 2.26. The Morgan fingerprint density at radius 1 is 1.30 bits per heavy atom. The van der Waals surface area contributed by atoms with E-state index in [1.54, 1.807) is 0 Å². The number of hydrogen-bond acceptors (Lipinski definition) is 3. The highest BCUT2D eigenvalue weighted by molar-refractivity contribution is 5.74. The molecule has 0 saturated heterocycles. The van der Waals surface area contributed by atoms with E-state index < -0.39 is 29.3 Å². The Morgan fingerprint density at radius 2 is 1.96 bits per heavy atom. The van der Waals surface area contributed by atoms with Crippen molar-refractivity contribution >= 4 is 6.03 Å². The molecule has 0 bridgehead atoms. The maximum Gasteiger partial charge on any atom is 0.315 e. The lowest BCUT2D eigenvalue weighted by Gasteiger charge is -2.26. The average Bonchev–Trinajstić information content (AvgIpc) is 2.55. The molecule has 3 N–H and O–H groups in total. The van der Waals surface area contributed by atoms with Gasteiger partial charge in [0.2, 0.25) is 0 Å². The molecule has 1 rings (SSSR count). The molecule has 0 aliphatic carbocycles. The number of benzene rings is 1. The molecule has 0 saturated carbocycles. The molecule has 1 atom stereocenters. The van der Waals surface area contributed by atoms with Crippen molar-refractivity contribution in [2.24, 2.45) is 0 Å². The van der Waals surface area contributed by atoms with Gasteiger partial charge < -0.3 is 20.5 Å². The molecule has 130 valence electrons. The third-order valence-corrected chi connectivity index (χ3v) is 3.88. The van der Waals surface area contributed by atoms with Crippen LogP contribution in [0.4, 0.5) is 13.6 Å². The Labute approximate surface area is 135 Å². The second-order valence-electron chi connectivity index (χ2n) is 5.44. The van der Waals surface area contributed by atoms with Crippen LogP contribution < -0.4 is 10.6 Å². The number of hydrogen-bond donors (Lipinski definition) is 3. The minimum absolute atomic E-state index is 0.101. The first-order chi connectivity index (χ1) is 10.8. The van der Waals surface area contributed by atoms with Crippen molar-refractivity contribution in [2.75, 3.05) is 20.3 Å². The minimum Gasteiger partial charge on any atom is -0.388 e. The number of halogens is 2. The SMILES string of the molecule is CCC(O)(CC)CNC(=O)NC(COC)c1ccc(F)c(F)c1. The van der Waals surface area contributed by atoms with Crippen molar-refractivity contribution in [3.63, 3.8) is 0 Å². The van der Waals surface area contributed by atoms with Gasteiger partial charge in [-0.1, -0.05) is 19.9 Å². The number of ether oxygens (including phenoxy) is 1. The molecule has 1 aromatic rings. The van der Waals surface area contributed by atoms with E-state index in [0.717, 1.165) is 12.1 Å². The summed E-state index contributed by atoms with van der Waals surface area (Å²) in [6.45, 7) is 3.86. The molecule has 23 heavy (non-hydrogen) atoms. The maximum absolute atomic E-state index is 13.3. The molecule has 0 radical (unpaired) electrons. The van der Waals surface area contributed by atoms with E-state index in [2.05, 4.69) is 10.6 Å². The lowest BCUT2D eigenvalue weighted by Crippen LogP contribution is -2.47. The summed E-state index contributed by atoms with van der Waals surface area (Å²) in [4.78, 5) is 12.0. The van der Waals surface area contributed by atoms with Gasteiger partial charge in [0, 0.05) is 13.7 Å². The van der Waals surface area contributed by atoms with Gasteiger partial charge >= 0.3 is 6.03 Å². The van der Waals surface area contributed by atoms with Gasteiger partial charge in [0.1, 0.15) is 0 Å². The number of carbonyl (C=O) groups excluding carboxylic acids is 1. The zero-order valence-electron chi connectivity index (χ0n) is 13.7. The Bertz CT molecular complexity index is 522. The van der Waals surface area contributed by atoms with Crippen molar-refractivity contribution in [1.82, 2.24) is 10.6 Å². The number of aliphatic hydroxyl groups is 1. The lowest BCUT2D eigenvalue weighted by molar-refractivity contribution is 0.0347. The first-order valence-electron chi connectivity index (χ1n) is 7.55. The van der Waals surface area contributed by atoms with E-state index in [9.17, 15) is 18.7 Å². The van der Waals surface area contributed by atoms with E-state index in [1.807, 2.05) is 13.8 Å². The van der Waals surface area contributed by atoms with Gasteiger partial charge in [-0.2, -0.15) is 0 Å². The normalized spacial score (nSPS) is 12.8. The maximum atomic E-state index is 13.3. The van der Waals surface area contributed by atoms with Gasteiger partial charge in [-0.15, -0.1) is 0 Å². The summed E-state index contributed by atoms with van der Waals surface area (Å²) in [6.07, 6.45) is 1.02. The summed E-state index contributed by atoms with van der Waals surface area (Å²) in [5.74, 6) is -1.94. The zero-order chi connectivity index (χ0) is 17.5. The Morgan fingerprint density at radius 3 is 2.48 bits per heavy atom. The lowest BCUT2D eigenvalue weighted by atomic mass is 9.98. The van der Waals surface area contributed by atoms with Crippen LogP contribution in [0.1, 0.15) is 38.3 Å². The van der Waals surface area contributed by atoms with Gasteiger partial charge in [0.15, 0.2) is 11.6 Å². The van der Waals surface area contributed by atoms with E-state index in [4.69, 9.17) is 4.74 Å². The largest absolute Gasteiger partial charge is 0.388 e. The van der Waals surface area contributed by atoms with Crippen molar-refractivity contribution < 1.29 is 23.4 Å². The van der Waals surface area contributed by atoms with E-state index in [0.29, 0.717) is 18.4 Å². The molecule has 0 aliphatic heterocycles. The highest BCUT2D eigenvalue weighted by atomic mass is 19.2. The summed E-state index contributed by atoms with van der Waals surface area (Å²) in [7, 11) is 1.44. The second kappa shape index (κ2) is 8.79. The van der Waals surface area contributed by atoms with Gasteiger partial charge in [0.25, 0.3) is 0 Å². The predicted molar refractivity (Wildman–Crippen MR) is 83.0 cm³/mol. The first kappa shape index (κ1) is 19.3. The summed E-state index contributed by atoms with van der Waals surface area (Å²) in [5.41, 5.74) is -0.571. The standard InChI is InChI=1S/C16H24F2N2O3/c1-4-16(22,5-2)10-19-15(21)20-14(9-23-3)11-6-7-12(17)13(18)8-11/h6-8,14,22H,4-5,9-10H2,1-3H3,(H2,19,20,21). The van der Waals surface area contributed by atoms with Crippen LogP contribution in [0.2, 0.25) is 0 Å². The van der Waals surface area contributed by atoms with Crippen LogP contribution >= 0.6 is 0 Å². The summed E-state index contributed by atoms with van der Waals surface area (Å²) in [5, 5.41) is 15.4. The number of rotatable bonds is 8. The molecule has 0 aromatic heterocycles. The van der Waals surface area contributed by atoms with Crippen LogP contribution in [0.5, 0.6) is 0 Å². The fourth-order valence-electron chi connectivity index (χ4n) is 2.07. The highest BCUT2D eigenvalue weighted by Gasteiger charge is 2.23. The molecule has 1 aromatic carbocycles. The van der Waals surface area contributed by atoms with Crippen molar-refractivity contribution in [3.05, 3.63) is 35.4 Å². The predicted octanol–water partition coefficient (Wildman–Crippen LogP) is 2.50. The molecular weight excluding hydrogens is 306 g/mol. The van der Waals surface area contributed by atoms with Crippen molar-refractivity contribution in [1.29, 1.82) is 0 Å². The number of nitrogens with one attached hydrogen (secondary N) is 2. The average molecular weight is 330 g/mol.